The van der Waals surface area contributed by atoms with Gasteiger partial charge in [-0.2, -0.15) is 0 Å². The molecule has 0 bridgehead atoms. The van der Waals surface area contributed by atoms with Gasteiger partial charge in [0.25, 0.3) is 0 Å². The van der Waals surface area contributed by atoms with Crippen LogP contribution in [-0.2, 0) is 25.7 Å². The van der Waals surface area contributed by atoms with Gasteiger partial charge in [0.05, 0.1) is 0 Å². The third-order valence-corrected chi connectivity index (χ3v) is 14.4. The molecule has 0 heterocycles. The first-order chi connectivity index (χ1) is 21.5. The maximum atomic E-state index is 7.33. The lowest BCUT2D eigenvalue weighted by Gasteiger charge is -2.38. The number of nitrogens with zero attached hydrogens (tertiary/aromatic N) is 4. The normalized spacial score (nSPS) is 15.1. The van der Waals surface area contributed by atoms with E-state index in [4.69, 9.17) is 9.05 Å². The molecule has 6 nitrogen and oxygen atoms in total. The summed E-state index contributed by atoms with van der Waals surface area (Å²) in [7, 11) is -1.88. The Labute approximate surface area is 272 Å². The van der Waals surface area contributed by atoms with Gasteiger partial charge in [0, 0.05) is 63.5 Å². The summed E-state index contributed by atoms with van der Waals surface area (Å²) in [5, 5.41) is 0. The molecular formula is C36H60N4O2P2. The van der Waals surface area contributed by atoms with Crippen LogP contribution in [0.1, 0.15) is 103 Å². The maximum Gasteiger partial charge on any atom is 0.248 e. The molecule has 0 radical (unpaired) electrons. The fourth-order valence-corrected chi connectivity index (χ4v) is 10.7. The molecule has 4 rings (SSSR count). The molecule has 0 saturated heterocycles. The predicted molar refractivity (Wildman–Crippen MR) is 192 cm³/mol. The molecule has 2 aromatic rings. The molecule has 246 valence electrons. The molecule has 2 aromatic carbocycles. The van der Waals surface area contributed by atoms with Gasteiger partial charge in [-0.3, -0.25) is 0 Å². The number of benzene rings is 2. The monoisotopic (exact) mass is 642 g/mol. The van der Waals surface area contributed by atoms with Gasteiger partial charge in [-0.15, -0.1) is 0 Å². The van der Waals surface area contributed by atoms with Crippen molar-refractivity contribution < 1.29 is 9.05 Å². The van der Waals surface area contributed by atoms with E-state index < -0.39 is 16.9 Å². The zero-order valence-electron chi connectivity index (χ0n) is 29.1. The molecule has 2 aliphatic carbocycles. The highest BCUT2D eigenvalue weighted by molar-refractivity contribution is 7.48. The van der Waals surface area contributed by atoms with Crippen molar-refractivity contribution in [2.24, 2.45) is 0 Å². The Morgan fingerprint density at radius 2 is 0.750 bits per heavy atom. The summed E-state index contributed by atoms with van der Waals surface area (Å²) >= 11 is 0. The molecule has 0 N–H and O–H groups in total. The minimum atomic E-state index is -0.939. The molecule has 0 saturated carbocycles. The van der Waals surface area contributed by atoms with Crippen molar-refractivity contribution in [2.45, 2.75) is 107 Å². The molecule has 0 unspecified atom stereocenters. The third-order valence-electron chi connectivity index (χ3n) is 9.49. The van der Waals surface area contributed by atoms with Crippen molar-refractivity contribution in [1.82, 2.24) is 18.7 Å². The standard InChI is InChI=1S/C36H60N4O2P2/c1-9-37(10-2)43(38(11-3)12-4)41-33-27-25-29-21-17-19-23-31(29)35(33)36-32-24-20-18-22-30(32)26-28-34(36)42-44(39(13-5)14-6)40(15-7)16-8/h25-28H,9-24H2,1-8H3. The van der Waals surface area contributed by atoms with Crippen molar-refractivity contribution in [3.8, 4) is 22.6 Å². The second kappa shape index (κ2) is 17.6. The molecule has 44 heavy (non-hydrogen) atoms. The molecule has 0 amide bonds. The minimum absolute atomic E-state index is 0.939. The molecule has 0 aromatic heterocycles. The summed E-state index contributed by atoms with van der Waals surface area (Å²) < 4.78 is 24.7. The highest BCUT2D eigenvalue weighted by Crippen LogP contribution is 2.55. The smallest absolute Gasteiger partial charge is 0.248 e. The van der Waals surface area contributed by atoms with Crippen LogP contribution in [0, 0.1) is 0 Å². The van der Waals surface area contributed by atoms with E-state index in [9.17, 15) is 0 Å². The number of fused-ring (bicyclic) bond motifs is 2. The van der Waals surface area contributed by atoms with E-state index in [-0.39, 0.29) is 0 Å². The first-order valence-corrected chi connectivity index (χ1v) is 20.1. The number of rotatable bonds is 17. The fourth-order valence-electron chi connectivity index (χ4n) is 6.94. The Morgan fingerprint density at radius 1 is 0.455 bits per heavy atom. The lowest BCUT2D eigenvalue weighted by atomic mass is 9.80. The van der Waals surface area contributed by atoms with E-state index in [0.29, 0.717) is 0 Å². The SMILES string of the molecule is CCN(CC)P(Oc1ccc2c(c1-c1c(OP(N(CC)CC)N(CC)CC)ccc3c1CCCC3)CCCC2)N(CC)CC. The largest absolute Gasteiger partial charge is 0.444 e. The van der Waals surface area contributed by atoms with Gasteiger partial charge in [-0.25, -0.2) is 18.7 Å². The van der Waals surface area contributed by atoms with Crippen molar-refractivity contribution >= 4 is 16.9 Å². The lowest BCUT2D eigenvalue weighted by Crippen LogP contribution is -2.31. The number of hydrogen-bond acceptors (Lipinski definition) is 6. The highest BCUT2D eigenvalue weighted by atomic mass is 31.2. The van der Waals surface area contributed by atoms with Crippen LogP contribution >= 0.6 is 16.9 Å². The molecule has 8 heteroatoms. The van der Waals surface area contributed by atoms with Gasteiger partial charge < -0.3 is 9.05 Å². The van der Waals surface area contributed by atoms with Gasteiger partial charge in [0.15, 0.2) is 0 Å². The average molecular weight is 643 g/mol. The predicted octanol–water partition coefficient (Wildman–Crippen LogP) is 9.69. The van der Waals surface area contributed by atoms with Crippen molar-refractivity contribution in [3.05, 3.63) is 46.5 Å². The quantitative estimate of drug-likeness (QED) is 0.160. The summed E-state index contributed by atoms with van der Waals surface area (Å²) in [5.41, 5.74) is 8.67. The van der Waals surface area contributed by atoms with E-state index in [2.05, 4.69) is 98.3 Å². The van der Waals surface area contributed by atoms with Crippen molar-refractivity contribution in [2.75, 3.05) is 52.4 Å². The molecule has 0 atom stereocenters. The van der Waals surface area contributed by atoms with E-state index in [1.807, 2.05) is 0 Å². The highest BCUT2D eigenvalue weighted by Gasteiger charge is 2.33. The van der Waals surface area contributed by atoms with Crippen LogP contribution in [0.5, 0.6) is 11.5 Å². The van der Waals surface area contributed by atoms with Crippen LogP contribution < -0.4 is 9.05 Å². The zero-order chi connectivity index (χ0) is 31.6. The average Bonchev–Trinajstić information content (AvgIpc) is 3.06. The van der Waals surface area contributed by atoms with Crippen molar-refractivity contribution in [3.63, 3.8) is 0 Å². The Kier molecular flexibility index (Phi) is 14.2. The van der Waals surface area contributed by atoms with E-state index >= 15 is 0 Å². The van der Waals surface area contributed by atoms with Crippen LogP contribution in [0.15, 0.2) is 24.3 Å². The Morgan fingerprint density at radius 3 is 1.05 bits per heavy atom. The third kappa shape index (κ3) is 7.81. The van der Waals surface area contributed by atoms with E-state index in [1.54, 1.807) is 0 Å². The van der Waals surface area contributed by atoms with Crippen molar-refractivity contribution in [1.29, 1.82) is 0 Å². The summed E-state index contributed by atoms with van der Waals surface area (Å²) in [5.74, 6) is 2.10. The molecule has 0 fully saturated rings. The summed E-state index contributed by atoms with van der Waals surface area (Å²) in [6.07, 6.45) is 9.54. The Hall–Kier alpha value is -1.26. The summed E-state index contributed by atoms with van der Waals surface area (Å²) in [6.45, 7) is 26.0. The van der Waals surface area contributed by atoms with Gasteiger partial charge in [-0.1, -0.05) is 67.5 Å². The summed E-state index contributed by atoms with van der Waals surface area (Å²) in [4.78, 5) is 0. The first kappa shape index (κ1) is 35.6. The van der Waals surface area contributed by atoms with Gasteiger partial charge in [0.1, 0.15) is 11.5 Å². The maximum absolute atomic E-state index is 7.33. The van der Waals surface area contributed by atoms with E-state index in [1.165, 1.54) is 59.1 Å². The molecular weight excluding hydrogens is 582 g/mol. The van der Waals surface area contributed by atoms with Crippen LogP contribution in [0.25, 0.3) is 11.1 Å². The Bertz CT molecular complexity index is 1060. The fraction of sp³-hybridized carbons (Fsp3) is 0.667. The van der Waals surface area contributed by atoms with Gasteiger partial charge in [0.2, 0.25) is 16.9 Å². The second-order valence-electron chi connectivity index (χ2n) is 11.8. The number of hydrogen-bond donors (Lipinski definition) is 0. The molecule has 2 aliphatic rings. The number of aryl methyl sites for hydroxylation is 2. The topological polar surface area (TPSA) is 31.4 Å². The first-order valence-electron chi connectivity index (χ1n) is 17.7. The molecule has 0 spiro atoms. The van der Waals surface area contributed by atoms with Crippen LogP contribution in [0.4, 0.5) is 0 Å². The summed E-state index contributed by atoms with van der Waals surface area (Å²) in [6, 6.07) is 9.37. The van der Waals surface area contributed by atoms with Gasteiger partial charge >= 0.3 is 0 Å². The molecule has 0 aliphatic heterocycles. The van der Waals surface area contributed by atoms with E-state index in [0.717, 1.165) is 89.5 Å². The van der Waals surface area contributed by atoms with Crippen LogP contribution in [0.2, 0.25) is 0 Å². The van der Waals surface area contributed by atoms with Crippen LogP contribution in [0.3, 0.4) is 0 Å². The Balaban J connectivity index is 1.97. The minimum Gasteiger partial charge on any atom is -0.444 e. The van der Waals surface area contributed by atoms with Crippen LogP contribution in [-0.4, -0.2) is 71.0 Å². The second-order valence-corrected chi connectivity index (χ2v) is 15.4. The zero-order valence-corrected chi connectivity index (χ0v) is 30.9. The van der Waals surface area contributed by atoms with Gasteiger partial charge in [-0.05, 0) is 85.8 Å². The lowest BCUT2D eigenvalue weighted by molar-refractivity contribution is 0.359.